The van der Waals surface area contributed by atoms with Gasteiger partial charge in [-0.25, -0.2) is 0 Å². The van der Waals surface area contributed by atoms with Crippen LogP contribution < -0.4 is 5.32 Å². The molecule has 4 nitrogen and oxygen atoms in total. The molecule has 1 amide bonds. The third kappa shape index (κ3) is 3.69. The predicted octanol–water partition coefficient (Wildman–Crippen LogP) is 2.60. The first-order chi connectivity index (χ1) is 9.19. The number of amides is 1. The summed E-state index contributed by atoms with van der Waals surface area (Å²) in [5, 5.41) is 3.82. The van der Waals surface area contributed by atoms with E-state index >= 15 is 0 Å². The molecule has 0 aliphatic rings. The third-order valence-corrected chi connectivity index (χ3v) is 2.65. The van der Waals surface area contributed by atoms with Gasteiger partial charge >= 0.3 is 0 Å². The average Bonchev–Trinajstić information content (AvgIpc) is 2.79. The van der Waals surface area contributed by atoms with E-state index in [2.05, 4.69) is 5.32 Å². The number of hydrogen-bond acceptors (Lipinski definition) is 3. The lowest BCUT2D eigenvalue weighted by molar-refractivity contribution is -0.117. The SMILES string of the molecule is COCC(C)NC(=O)/C=C/c1cc2ccccc2o1. The maximum atomic E-state index is 11.6. The van der Waals surface area contributed by atoms with Gasteiger partial charge in [-0.1, -0.05) is 18.2 Å². The molecule has 2 rings (SSSR count). The Labute approximate surface area is 112 Å². The molecule has 1 unspecified atom stereocenters. The van der Waals surface area contributed by atoms with Gasteiger partial charge in [-0.3, -0.25) is 4.79 Å². The molecule has 4 heteroatoms. The molecule has 1 aromatic heterocycles. The molecule has 1 N–H and O–H groups in total. The number of methoxy groups -OCH3 is 1. The van der Waals surface area contributed by atoms with Crippen LogP contribution in [0.15, 0.2) is 40.8 Å². The molecule has 0 saturated carbocycles. The van der Waals surface area contributed by atoms with Crippen LogP contribution in [0.3, 0.4) is 0 Å². The molecular weight excluding hydrogens is 242 g/mol. The summed E-state index contributed by atoms with van der Waals surface area (Å²) in [5.74, 6) is 0.501. The van der Waals surface area contributed by atoms with Gasteiger partial charge in [0.15, 0.2) is 0 Å². The predicted molar refractivity (Wildman–Crippen MR) is 74.7 cm³/mol. The summed E-state index contributed by atoms with van der Waals surface area (Å²) >= 11 is 0. The fourth-order valence-electron chi connectivity index (χ4n) is 1.82. The average molecular weight is 259 g/mol. The van der Waals surface area contributed by atoms with Crippen LogP contribution in [0.5, 0.6) is 0 Å². The van der Waals surface area contributed by atoms with Gasteiger partial charge in [-0.2, -0.15) is 0 Å². The summed E-state index contributed by atoms with van der Waals surface area (Å²) in [6.45, 7) is 2.38. The zero-order valence-corrected chi connectivity index (χ0v) is 11.1. The highest BCUT2D eigenvalue weighted by Gasteiger charge is 2.04. The van der Waals surface area contributed by atoms with Crippen molar-refractivity contribution in [1.82, 2.24) is 5.32 Å². The minimum absolute atomic E-state index is 0.0159. The van der Waals surface area contributed by atoms with E-state index in [9.17, 15) is 4.79 Å². The van der Waals surface area contributed by atoms with Crippen LogP contribution >= 0.6 is 0 Å². The van der Waals surface area contributed by atoms with E-state index in [0.29, 0.717) is 12.4 Å². The maximum Gasteiger partial charge on any atom is 0.244 e. The molecule has 0 spiro atoms. The van der Waals surface area contributed by atoms with E-state index in [1.165, 1.54) is 6.08 Å². The van der Waals surface area contributed by atoms with Crippen molar-refractivity contribution in [3.8, 4) is 0 Å². The number of fused-ring (bicyclic) bond motifs is 1. The lowest BCUT2D eigenvalue weighted by atomic mass is 10.2. The highest BCUT2D eigenvalue weighted by atomic mass is 16.5. The normalized spacial score (nSPS) is 12.9. The first-order valence-electron chi connectivity index (χ1n) is 6.15. The Morgan fingerprint density at radius 1 is 1.47 bits per heavy atom. The van der Waals surface area contributed by atoms with Crippen LogP contribution in [0.25, 0.3) is 17.0 Å². The first kappa shape index (κ1) is 13.4. The molecule has 0 bridgehead atoms. The maximum absolute atomic E-state index is 11.6. The highest BCUT2D eigenvalue weighted by molar-refractivity contribution is 5.92. The number of nitrogens with one attached hydrogen (secondary N) is 1. The van der Waals surface area contributed by atoms with Crippen LogP contribution in [0.2, 0.25) is 0 Å². The standard InChI is InChI=1S/C15H17NO3/c1-11(10-18-2)16-15(17)8-7-13-9-12-5-3-4-6-14(12)19-13/h3-9,11H,10H2,1-2H3,(H,16,17)/b8-7+. The van der Waals surface area contributed by atoms with E-state index in [1.54, 1.807) is 13.2 Å². The van der Waals surface area contributed by atoms with Crippen molar-refractivity contribution in [3.05, 3.63) is 42.2 Å². The molecule has 0 saturated heterocycles. The van der Waals surface area contributed by atoms with E-state index < -0.39 is 0 Å². The molecule has 1 heterocycles. The molecule has 0 radical (unpaired) electrons. The minimum Gasteiger partial charge on any atom is -0.457 e. The summed E-state index contributed by atoms with van der Waals surface area (Å²) in [7, 11) is 1.60. The minimum atomic E-state index is -0.162. The van der Waals surface area contributed by atoms with E-state index in [0.717, 1.165) is 11.0 Å². The Morgan fingerprint density at radius 2 is 2.26 bits per heavy atom. The second-order valence-electron chi connectivity index (χ2n) is 4.38. The van der Waals surface area contributed by atoms with E-state index in [1.807, 2.05) is 37.3 Å². The van der Waals surface area contributed by atoms with Gasteiger partial charge in [-0.15, -0.1) is 0 Å². The van der Waals surface area contributed by atoms with Crippen LogP contribution in [0, 0.1) is 0 Å². The Hall–Kier alpha value is -2.07. The molecular formula is C15H17NO3. The zero-order chi connectivity index (χ0) is 13.7. The summed E-state index contributed by atoms with van der Waals surface area (Å²) in [6, 6.07) is 9.61. The summed E-state index contributed by atoms with van der Waals surface area (Å²) < 4.78 is 10.5. The van der Waals surface area contributed by atoms with Crippen molar-refractivity contribution in [1.29, 1.82) is 0 Å². The lowest BCUT2D eigenvalue weighted by Crippen LogP contribution is -2.34. The highest BCUT2D eigenvalue weighted by Crippen LogP contribution is 2.19. The fourth-order valence-corrected chi connectivity index (χ4v) is 1.82. The second kappa shape index (κ2) is 6.20. The van der Waals surface area contributed by atoms with Gasteiger partial charge in [0, 0.05) is 24.6 Å². The first-order valence-corrected chi connectivity index (χ1v) is 6.15. The third-order valence-electron chi connectivity index (χ3n) is 2.65. The van der Waals surface area contributed by atoms with E-state index in [-0.39, 0.29) is 11.9 Å². The number of furan rings is 1. The van der Waals surface area contributed by atoms with Gasteiger partial charge in [0.2, 0.25) is 5.91 Å². The van der Waals surface area contributed by atoms with Crippen molar-refractivity contribution in [3.63, 3.8) is 0 Å². The number of ether oxygens (including phenoxy) is 1. The van der Waals surface area contributed by atoms with Crippen LogP contribution in [-0.4, -0.2) is 25.7 Å². The Bertz CT molecular complexity index is 553. The molecule has 2 aromatic rings. The van der Waals surface area contributed by atoms with Crippen molar-refractivity contribution in [2.75, 3.05) is 13.7 Å². The summed E-state index contributed by atoms with van der Waals surface area (Å²) in [4.78, 5) is 11.6. The van der Waals surface area contributed by atoms with Crippen LogP contribution in [0.1, 0.15) is 12.7 Å². The second-order valence-corrected chi connectivity index (χ2v) is 4.38. The molecule has 19 heavy (non-hydrogen) atoms. The Balaban J connectivity index is 1.99. The van der Waals surface area contributed by atoms with Gasteiger partial charge in [0.1, 0.15) is 11.3 Å². The molecule has 1 atom stereocenters. The monoisotopic (exact) mass is 259 g/mol. The molecule has 0 aliphatic carbocycles. The van der Waals surface area contributed by atoms with Gasteiger partial charge < -0.3 is 14.5 Å². The number of rotatable bonds is 5. The van der Waals surface area contributed by atoms with Crippen molar-refractivity contribution in [2.45, 2.75) is 13.0 Å². The number of hydrogen-bond donors (Lipinski definition) is 1. The topological polar surface area (TPSA) is 51.5 Å². The van der Waals surface area contributed by atoms with Crippen LogP contribution in [-0.2, 0) is 9.53 Å². The Kier molecular flexibility index (Phi) is 4.36. The van der Waals surface area contributed by atoms with Gasteiger partial charge in [-0.05, 0) is 25.1 Å². The molecule has 0 fully saturated rings. The number of carbonyl (C=O) groups excluding carboxylic acids is 1. The van der Waals surface area contributed by atoms with Crippen molar-refractivity contribution >= 4 is 23.0 Å². The van der Waals surface area contributed by atoms with Gasteiger partial charge in [0.05, 0.1) is 6.61 Å². The summed E-state index contributed by atoms with van der Waals surface area (Å²) in [6.07, 6.45) is 3.12. The van der Waals surface area contributed by atoms with Crippen molar-refractivity contribution < 1.29 is 13.9 Å². The quantitative estimate of drug-likeness (QED) is 0.840. The largest absolute Gasteiger partial charge is 0.457 e. The zero-order valence-electron chi connectivity index (χ0n) is 11.1. The van der Waals surface area contributed by atoms with E-state index in [4.69, 9.17) is 9.15 Å². The molecule has 1 aromatic carbocycles. The smallest absolute Gasteiger partial charge is 0.244 e. The van der Waals surface area contributed by atoms with Crippen LogP contribution in [0.4, 0.5) is 0 Å². The Morgan fingerprint density at radius 3 is 3.00 bits per heavy atom. The number of benzene rings is 1. The van der Waals surface area contributed by atoms with Gasteiger partial charge in [0.25, 0.3) is 0 Å². The number of carbonyl (C=O) groups is 1. The lowest BCUT2D eigenvalue weighted by Gasteiger charge is -2.10. The molecule has 100 valence electrons. The molecule has 0 aliphatic heterocycles. The fraction of sp³-hybridized carbons (Fsp3) is 0.267. The van der Waals surface area contributed by atoms with Crippen molar-refractivity contribution in [2.24, 2.45) is 0 Å². The summed E-state index contributed by atoms with van der Waals surface area (Å²) in [5.41, 5.74) is 0.815. The number of para-hydroxylation sites is 1.